The van der Waals surface area contributed by atoms with E-state index in [1.807, 2.05) is 49.4 Å². The molecule has 7 heteroatoms. The van der Waals surface area contributed by atoms with E-state index < -0.39 is 5.82 Å². The molecule has 3 aromatic carbocycles. The van der Waals surface area contributed by atoms with Gasteiger partial charge in [0.15, 0.2) is 0 Å². The second kappa shape index (κ2) is 10.4. The molecule has 0 aliphatic carbocycles. The topological polar surface area (TPSA) is 58.2 Å². The Morgan fingerprint density at radius 1 is 0.967 bits per heavy atom. The number of benzene rings is 3. The first-order valence-corrected chi connectivity index (χ1v) is 11.0. The molecule has 3 aromatic rings. The molecule has 0 spiro atoms. The third-order valence-corrected chi connectivity index (χ3v) is 6.14. The maximum Gasteiger partial charge on any atom is 0.255 e. The number of nitrogens with one attached hydrogen (secondary N) is 2. The molecule has 1 unspecified atom stereocenters. The zero-order valence-corrected chi connectivity index (χ0v) is 18.6. The minimum absolute atomic E-state index is 0.0782. The zero-order chi connectivity index (χ0) is 21.5. The standard InChI is InChI=1S/C23H20BrFN2O2S/c1-2-21(23(29)26-18-12-8-16(24)9-13-18)30-20-5-3-4-19(14-20)27-22(28)15-6-10-17(25)11-7-15/h3-14,21H,2H2,1H3,(H,26,29)(H,27,28). The first-order valence-electron chi connectivity index (χ1n) is 9.34. The molecule has 0 fully saturated rings. The average Bonchev–Trinajstić information content (AvgIpc) is 2.74. The van der Waals surface area contributed by atoms with E-state index in [-0.39, 0.29) is 17.1 Å². The van der Waals surface area contributed by atoms with Crippen molar-refractivity contribution in [2.75, 3.05) is 10.6 Å². The Bertz CT molecular complexity index is 1030. The van der Waals surface area contributed by atoms with Crippen molar-refractivity contribution >= 4 is 50.9 Å². The van der Waals surface area contributed by atoms with Gasteiger partial charge in [0, 0.05) is 26.3 Å². The first-order chi connectivity index (χ1) is 14.4. The molecular weight excluding hydrogens is 467 g/mol. The van der Waals surface area contributed by atoms with Gasteiger partial charge in [-0.1, -0.05) is 28.9 Å². The maximum atomic E-state index is 13.0. The molecule has 2 amide bonds. The molecule has 0 aliphatic rings. The van der Waals surface area contributed by atoms with Crippen molar-refractivity contribution in [3.8, 4) is 0 Å². The van der Waals surface area contributed by atoms with Crippen molar-refractivity contribution in [1.82, 2.24) is 0 Å². The number of halogens is 2. The van der Waals surface area contributed by atoms with E-state index in [4.69, 9.17) is 0 Å². The lowest BCUT2D eigenvalue weighted by Crippen LogP contribution is -2.24. The molecule has 2 N–H and O–H groups in total. The Balaban J connectivity index is 1.65. The van der Waals surface area contributed by atoms with Crippen LogP contribution in [0.4, 0.5) is 15.8 Å². The number of thioether (sulfide) groups is 1. The predicted molar refractivity (Wildman–Crippen MR) is 124 cm³/mol. The third kappa shape index (κ3) is 6.18. The summed E-state index contributed by atoms with van der Waals surface area (Å²) in [5.74, 6) is -0.792. The summed E-state index contributed by atoms with van der Waals surface area (Å²) in [6, 6.07) is 20.1. The number of hydrogen-bond donors (Lipinski definition) is 2. The Hall–Kier alpha value is -2.64. The molecule has 30 heavy (non-hydrogen) atoms. The van der Waals surface area contributed by atoms with Crippen LogP contribution in [-0.2, 0) is 4.79 Å². The van der Waals surface area contributed by atoms with Gasteiger partial charge < -0.3 is 10.6 Å². The van der Waals surface area contributed by atoms with Crippen LogP contribution < -0.4 is 10.6 Å². The van der Waals surface area contributed by atoms with E-state index in [9.17, 15) is 14.0 Å². The fourth-order valence-corrected chi connectivity index (χ4v) is 3.97. The summed E-state index contributed by atoms with van der Waals surface area (Å²) in [4.78, 5) is 25.9. The highest BCUT2D eigenvalue weighted by Crippen LogP contribution is 2.29. The lowest BCUT2D eigenvalue weighted by molar-refractivity contribution is -0.115. The van der Waals surface area contributed by atoms with Gasteiger partial charge in [-0.15, -0.1) is 11.8 Å². The zero-order valence-electron chi connectivity index (χ0n) is 16.2. The van der Waals surface area contributed by atoms with Crippen molar-refractivity contribution in [3.63, 3.8) is 0 Å². The SMILES string of the molecule is CCC(Sc1cccc(NC(=O)c2ccc(F)cc2)c1)C(=O)Nc1ccc(Br)cc1. The van der Waals surface area contributed by atoms with Crippen molar-refractivity contribution in [2.24, 2.45) is 0 Å². The van der Waals surface area contributed by atoms with Crippen molar-refractivity contribution < 1.29 is 14.0 Å². The van der Waals surface area contributed by atoms with Crippen LogP contribution in [0.25, 0.3) is 0 Å². The number of amides is 2. The van der Waals surface area contributed by atoms with E-state index in [0.29, 0.717) is 17.7 Å². The number of rotatable bonds is 7. The lowest BCUT2D eigenvalue weighted by atomic mass is 10.2. The van der Waals surface area contributed by atoms with Gasteiger partial charge in [-0.2, -0.15) is 0 Å². The van der Waals surface area contributed by atoms with Gasteiger partial charge >= 0.3 is 0 Å². The second-order valence-corrected chi connectivity index (χ2v) is 8.69. The van der Waals surface area contributed by atoms with Crippen LogP contribution >= 0.6 is 27.7 Å². The Morgan fingerprint density at radius 2 is 1.67 bits per heavy atom. The molecule has 0 heterocycles. The van der Waals surface area contributed by atoms with E-state index in [2.05, 4.69) is 26.6 Å². The number of anilines is 2. The Kier molecular flexibility index (Phi) is 7.65. The quantitative estimate of drug-likeness (QED) is 0.382. The molecule has 0 saturated carbocycles. The number of carbonyl (C=O) groups excluding carboxylic acids is 2. The van der Waals surface area contributed by atoms with Gasteiger partial charge in [0.2, 0.25) is 5.91 Å². The van der Waals surface area contributed by atoms with Crippen LogP contribution in [-0.4, -0.2) is 17.1 Å². The molecule has 1 atom stereocenters. The van der Waals surface area contributed by atoms with E-state index in [1.165, 1.54) is 36.0 Å². The maximum absolute atomic E-state index is 13.0. The summed E-state index contributed by atoms with van der Waals surface area (Å²) in [6.07, 6.45) is 0.652. The second-order valence-electron chi connectivity index (χ2n) is 6.50. The summed E-state index contributed by atoms with van der Waals surface area (Å²) >= 11 is 4.81. The van der Waals surface area contributed by atoms with E-state index in [0.717, 1.165) is 15.1 Å². The molecule has 154 valence electrons. The molecule has 0 aliphatic heterocycles. The van der Waals surface area contributed by atoms with E-state index in [1.54, 1.807) is 6.07 Å². The molecule has 3 rings (SSSR count). The molecule has 0 bridgehead atoms. The molecule has 0 radical (unpaired) electrons. The van der Waals surface area contributed by atoms with Gasteiger partial charge in [0.05, 0.1) is 5.25 Å². The van der Waals surface area contributed by atoms with Crippen LogP contribution in [0.3, 0.4) is 0 Å². The summed E-state index contributed by atoms with van der Waals surface area (Å²) in [7, 11) is 0. The van der Waals surface area contributed by atoms with Gasteiger partial charge in [-0.05, 0) is 73.2 Å². The van der Waals surface area contributed by atoms with Crippen LogP contribution in [0.15, 0.2) is 82.2 Å². The summed E-state index contributed by atoms with van der Waals surface area (Å²) in [5.41, 5.74) is 1.72. The number of carbonyl (C=O) groups is 2. The molecule has 0 saturated heterocycles. The van der Waals surface area contributed by atoms with Crippen molar-refractivity contribution in [2.45, 2.75) is 23.5 Å². The molecule has 0 aromatic heterocycles. The van der Waals surface area contributed by atoms with Gasteiger partial charge in [0.1, 0.15) is 5.82 Å². The Morgan fingerprint density at radius 3 is 2.33 bits per heavy atom. The monoisotopic (exact) mass is 486 g/mol. The minimum Gasteiger partial charge on any atom is -0.325 e. The van der Waals surface area contributed by atoms with Crippen molar-refractivity contribution in [1.29, 1.82) is 0 Å². The summed E-state index contributed by atoms with van der Waals surface area (Å²) < 4.78 is 14.0. The summed E-state index contributed by atoms with van der Waals surface area (Å²) in [5, 5.41) is 5.46. The number of hydrogen-bond acceptors (Lipinski definition) is 3. The normalized spacial score (nSPS) is 11.6. The smallest absolute Gasteiger partial charge is 0.255 e. The highest BCUT2D eigenvalue weighted by molar-refractivity contribution is 9.10. The van der Waals surface area contributed by atoms with Crippen LogP contribution in [0, 0.1) is 5.82 Å². The van der Waals surface area contributed by atoms with Gasteiger partial charge in [0.25, 0.3) is 5.91 Å². The average molecular weight is 487 g/mol. The van der Waals surface area contributed by atoms with Crippen LogP contribution in [0.5, 0.6) is 0 Å². The van der Waals surface area contributed by atoms with Crippen LogP contribution in [0.1, 0.15) is 23.7 Å². The molecular formula is C23H20BrFN2O2S. The highest BCUT2D eigenvalue weighted by atomic mass is 79.9. The first kappa shape index (κ1) is 22.1. The third-order valence-electron chi connectivity index (χ3n) is 4.25. The minimum atomic E-state index is -0.392. The molecule has 4 nitrogen and oxygen atoms in total. The van der Waals surface area contributed by atoms with Crippen LogP contribution in [0.2, 0.25) is 0 Å². The fourth-order valence-electron chi connectivity index (χ4n) is 2.69. The van der Waals surface area contributed by atoms with Crippen molar-refractivity contribution in [3.05, 3.63) is 88.6 Å². The highest BCUT2D eigenvalue weighted by Gasteiger charge is 2.18. The van der Waals surface area contributed by atoms with Gasteiger partial charge in [-0.3, -0.25) is 9.59 Å². The fraction of sp³-hybridized carbons (Fsp3) is 0.130. The predicted octanol–water partition coefficient (Wildman–Crippen LogP) is 6.35. The largest absolute Gasteiger partial charge is 0.325 e. The van der Waals surface area contributed by atoms with Gasteiger partial charge in [-0.25, -0.2) is 4.39 Å². The van der Waals surface area contributed by atoms with E-state index >= 15 is 0 Å². The summed E-state index contributed by atoms with van der Waals surface area (Å²) in [6.45, 7) is 1.96. The lowest BCUT2D eigenvalue weighted by Gasteiger charge is -2.15. The Labute approximate surface area is 187 Å².